The maximum absolute atomic E-state index is 5.51. The van der Waals surface area contributed by atoms with Crippen LogP contribution in [0.4, 0.5) is 0 Å². The normalized spacial score (nSPS) is 16.7. The Labute approximate surface area is 138 Å². The van der Waals surface area contributed by atoms with Crippen molar-refractivity contribution in [2.45, 2.75) is 39.8 Å². The van der Waals surface area contributed by atoms with Crippen LogP contribution in [0.5, 0.6) is 5.75 Å². The Hall–Kier alpha value is -1.88. The molecule has 2 aromatic heterocycles. The third-order valence-electron chi connectivity index (χ3n) is 4.83. The van der Waals surface area contributed by atoms with Crippen LogP contribution >= 0.6 is 0 Å². The van der Waals surface area contributed by atoms with Gasteiger partial charge in [0, 0.05) is 42.8 Å². The van der Waals surface area contributed by atoms with Gasteiger partial charge in [-0.3, -0.25) is 14.6 Å². The van der Waals surface area contributed by atoms with Crippen molar-refractivity contribution >= 4 is 0 Å². The number of aryl methyl sites for hydroxylation is 1. The van der Waals surface area contributed by atoms with Crippen molar-refractivity contribution in [1.29, 1.82) is 0 Å². The minimum Gasteiger partial charge on any atom is -0.496 e. The van der Waals surface area contributed by atoms with E-state index in [1.165, 1.54) is 18.4 Å². The molecule has 3 rings (SSSR count). The lowest BCUT2D eigenvalue weighted by molar-refractivity contribution is 0.162. The summed E-state index contributed by atoms with van der Waals surface area (Å²) in [6.07, 6.45) is 8.28. The van der Waals surface area contributed by atoms with Crippen LogP contribution in [0.15, 0.2) is 24.7 Å². The van der Waals surface area contributed by atoms with Crippen molar-refractivity contribution in [1.82, 2.24) is 19.7 Å². The molecule has 0 N–H and O–H groups in total. The fraction of sp³-hybridized carbons (Fsp3) is 0.556. The zero-order valence-corrected chi connectivity index (χ0v) is 14.3. The van der Waals surface area contributed by atoms with Gasteiger partial charge in [0.05, 0.1) is 12.8 Å². The summed E-state index contributed by atoms with van der Waals surface area (Å²) in [5.41, 5.74) is 3.41. The molecule has 1 fully saturated rings. The molecule has 1 aliphatic heterocycles. The molecule has 1 saturated heterocycles. The number of hydrogen-bond donors (Lipinski definition) is 0. The number of hydrogen-bond acceptors (Lipinski definition) is 4. The van der Waals surface area contributed by atoms with Gasteiger partial charge in [-0.05, 0) is 51.8 Å². The molecule has 0 saturated carbocycles. The number of aromatic nitrogens is 3. The minimum atomic E-state index is 0.729. The molecule has 5 heteroatoms. The van der Waals surface area contributed by atoms with Crippen molar-refractivity contribution in [3.05, 3.63) is 41.5 Å². The lowest BCUT2D eigenvalue weighted by Gasteiger charge is -2.32. The standard InChI is InChI=1S/C18H26N4O/c1-14-11-19-17(15(2)18(14)23-3)13-21-9-5-16(6-10-21)12-22-8-4-7-20-22/h4,7-8,11,16H,5-6,9-10,12-13H2,1-3H3. The molecule has 2 aromatic rings. The minimum absolute atomic E-state index is 0.729. The van der Waals surface area contributed by atoms with Crippen molar-refractivity contribution < 1.29 is 4.74 Å². The number of rotatable bonds is 5. The molecular formula is C18H26N4O. The molecule has 23 heavy (non-hydrogen) atoms. The van der Waals surface area contributed by atoms with Crippen LogP contribution in [0.2, 0.25) is 0 Å². The second-order valence-electron chi connectivity index (χ2n) is 6.49. The van der Waals surface area contributed by atoms with Gasteiger partial charge in [-0.25, -0.2) is 0 Å². The average molecular weight is 314 g/mol. The van der Waals surface area contributed by atoms with Gasteiger partial charge in [0.25, 0.3) is 0 Å². The first-order chi connectivity index (χ1) is 11.2. The van der Waals surface area contributed by atoms with Crippen molar-refractivity contribution in [2.75, 3.05) is 20.2 Å². The number of methoxy groups -OCH3 is 1. The van der Waals surface area contributed by atoms with E-state index < -0.39 is 0 Å². The van der Waals surface area contributed by atoms with Gasteiger partial charge >= 0.3 is 0 Å². The van der Waals surface area contributed by atoms with Crippen molar-refractivity contribution in [3.63, 3.8) is 0 Å². The van der Waals surface area contributed by atoms with E-state index in [1.54, 1.807) is 7.11 Å². The fourth-order valence-electron chi connectivity index (χ4n) is 3.44. The van der Waals surface area contributed by atoms with Gasteiger partial charge in [-0.1, -0.05) is 0 Å². The van der Waals surface area contributed by atoms with Crippen LogP contribution in [0, 0.1) is 19.8 Å². The van der Waals surface area contributed by atoms with Crippen molar-refractivity contribution in [3.8, 4) is 5.75 Å². The first-order valence-corrected chi connectivity index (χ1v) is 8.36. The van der Waals surface area contributed by atoms with Gasteiger partial charge in [0.15, 0.2) is 0 Å². The van der Waals surface area contributed by atoms with E-state index >= 15 is 0 Å². The Morgan fingerprint density at radius 2 is 2.04 bits per heavy atom. The first kappa shape index (κ1) is 16.0. The van der Waals surface area contributed by atoms with Crippen LogP contribution < -0.4 is 4.74 Å². The summed E-state index contributed by atoms with van der Waals surface area (Å²) < 4.78 is 7.57. The Morgan fingerprint density at radius 1 is 1.26 bits per heavy atom. The number of pyridine rings is 1. The van der Waals surface area contributed by atoms with E-state index in [2.05, 4.69) is 32.8 Å². The van der Waals surface area contributed by atoms with Gasteiger partial charge < -0.3 is 4.74 Å². The molecule has 124 valence electrons. The Bertz CT molecular complexity index is 631. The largest absolute Gasteiger partial charge is 0.496 e. The third-order valence-corrected chi connectivity index (χ3v) is 4.83. The first-order valence-electron chi connectivity index (χ1n) is 8.36. The summed E-state index contributed by atoms with van der Waals surface area (Å²) >= 11 is 0. The molecule has 3 heterocycles. The second kappa shape index (κ2) is 7.13. The van der Waals surface area contributed by atoms with Crippen LogP contribution in [-0.4, -0.2) is 39.9 Å². The predicted molar refractivity (Wildman–Crippen MR) is 90.5 cm³/mol. The smallest absolute Gasteiger partial charge is 0.128 e. The lowest BCUT2D eigenvalue weighted by atomic mass is 9.96. The highest BCUT2D eigenvalue weighted by atomic mass is 16.5. The summed E-state index contributed by atoms with van der Waals surface area (Å²) in [6, 6.07) is 1.99. The van der Waals surface area contributed by atoms with E-state index in [-0.39, 0.29) is 0 Å². The third kappa shape index (κ3) is 3.72. The quantitative estimate of drug-likeness (QED) is 0.851. The van der Waals surface area contributed by atoms with E-state index in [1.807, 2.05) is 25.4 Å². The van der Waals surface area contributed by atoms with Gasteiger partial charge in [0.1, 0.15) is 5.75 Å². The van der Waals surface area contributed by atoms with Gasteiger partial charge in [-0.15, -0.1) is 0 Å². The van der Waals surface area contributed by atoms with E-state index in [4.69, 9.17) is 4.74 Å². The number of likely N-dealkylation sites (tertiary alicyclic amines) is 1. The molecule has 0 unspecified atom stereocenters. The molecule has 0 spiro atoms. The Balaban J connectivity index is 1.56. The molecule has 0 bridgehead atoms. The highest BCUT2D eigenvalue weighted by molar-refractivity contribution is 5.41. The highest BCUT2D eigenvalue weighted by Gasteiger charge is 2.21. The zero-order chi connectivity index (χ0) is 16.2. The SMILES string of the molecule is COc1c(C)cnc(CN2CCC(Cn3cccn3)CC2)c1C. The number of ether oxygens (including phenoxy) is 1. The summed E-state index contributed by atoms with van der Waals surface area (Å²) in [7, 11) is 1.74. The highest BCUT2D eigenvalue weighted by Crippen LogP contribution is 2.26. The van der Waals surface area contributed by atoms with E-state index in [9.17, 15) is 0 Å². The fourth-order valence-corrected chi connectivity index (χ4v) is 3.44. The average Bonchev–Trinajstić information content (AvgIpc) is 3.05. The van der Waals surface area contributed by atoms with Crippen LogP contribution in [0.3, 0.4) is 0 Å². The molecular weight excluding hydrogens is 288 g/mol. The van der Waals surface area contributed by atoms with Gasteiger partial charge in [0.2, 0.25) is 0 Å². The molecule has 0 radical (unpaired) electrons. The molecule has 1 aliphatic rings. The summed E-state index contributed by atoms with van der Waals surface area (Å²) in [5, 5.41) is 4.32. The molecule has 0 aliphatic carbocycles. The molecule has 0 atom stereocenters. The Kier molecular flexibility index (Phi) is 4.96. The summed E-state index contributed by atoms with van der Waals surface area (Å²) in [6.45, 7) is 8.36. The van der Waals surface area contributed by atoms with Crippen LogP contribution in [0.25, 0.3) is 0 Å². The zero-order valence-electron chi connectivity index (χ0n) is 14.3. The summed E-state index contributed by atoms with van der Waals surface area (Å²) in [5.74, 6) is 1.70. The van der Waals surface area contributed by atoms with Gasteiger partial charge in [-0.2, -0.15) is 5.10 Å². The second-order valence-corrected chi connectivity index (χ2v) is 6.49. The summed E-state index contributed by atoms with van der Waals surface area (Å²) in [4.78, 5) is 7.13. The van der Waals surface area contributed by atoms with Crippen LogP contribution in [-0.2, 0) is 13.1 Å². The molecule has 0 amide bonds. The van der Waals surface area contributed by atoms with Crippen LogP contribution in [0.1, 0.15) is 29.7 Å². The maximum atomic E-state index is 5.51. The molecule has 0 aromatic carbocycles. The predicted octanol–water partition coefficient (Wildman–Crippen LogP) is 2.82. The van der Waals surface area contributed by atoms with Crippen molar-refractivity contribution in [2.24, 2.45) is 5.92 Å². The molecule has 5 nitrogen and oxygen atoms in total. The Morgan fingerprint density at radius 3 is 2.70 bits per heavy atom. The lowest BCUT2D eigenvalue weighted by Crippen LogP contribution is -2.35. The topological polar surface area (TPSA) is 43.2 Å². The number of nitrogens with zero attached hydrogens (tertiary/aromatic N) is 4. The van der Waals surface area contributed by atoms with E-state index in [0.717, 1.165) is 49.1 Å². The maximum Gasteiger partial charge on any atom is 0.128 e. The van der Waals surface area contributed by atoms with E-state index in [0.29, 0.717) is 0 Å². The number of piperidine rings is 1. The monoisotopic (exact) mass is 314 g/mol.